The fraction of sp³-hybridized carbons (Fsp3) is 0.471. The number of hydrogen-bond acceptors (Lipinski definition) is 4. The van der Waals surface area contributed by atoms with Crippen molar-refractivity contribution < 1.29 is 14.4 Å². The van der Waals surface area contributed by atoms with Crippen LogP contribution >= 0.6 is 11.8 Å². The standard InChI is InChI=1S/C17H21N3O3S/c1-12-5-7-13(8-6-12)24-11-14(21)19-20-15(22)17(18-16(20)23)9-3-2-4-10-17/h5-8H,2-4,9-11H2,1H3,(H,18,23)(H,19,21). The number of hydrazine groups is 1. The Hall–Kier alpha value is -2.02. The highest BCUT2D eigenvalue weighted by Crippen LogP contribution is 2.33. The topological polar surface area (TPSA) is 78.5 Å². The second kappa shape index (κ2) is 6.84. The molecule has 2 N–H and O–H groups in total. The molecule has 3 rings (SSSR count). The molecule has 6 nitrogen and oxygen atoms in total. The van der Waals surface area contributed by atoms with E-state index in [1.54, 1.807) is 0 Å². The van der Waals surface area contributed by atoms with Gasteiger partial charge in [0.25, 0.3) is 5.91 Å². The van der Waals surface area contributed by atoms with Gasteiger partial charge in [-0.1, -0.05) is 37.0 Å². The van der Waals surface area contributed by atoms with Crippen LogP contribution in [0.3, 0.4) is 0 Å². The van der Waals surface area contributed by atoms with Crippen molar-refractivity contribution in [2.75, 3.05) is 5.75 Å². The van der Waals surface area contributed by atoms with Crippen molar-refractivity contribution in [2.24, 2.45) is 0 Å². The molecule has 7 heteroatoms. The molecule has 1 spiro atoms. The fourth-order valence-corrected chi connectivity index (χ4v) is 3.85. The maximum atomic E-state index is 12.6. The molecule has 24 heavy (non-hydrogen) atoms. The number of benzene rings is 1. The summed E-state index contributed by atoms with van der Waals surface area (Å²) in [6.07, 6.45) is 4.18. The summed E-state index contributed by atoms with van der Waals surface area (Å²) >= 11 is 1.37. The lowest BCUT2D eigenvalue weighted by Gasteiger charge is -2.30. The van der Waals surface area contributed by atoms with E-state index >= 15 is 0 Å². The summed E-state index contributed by atoms with van der Waals surface area (Å²) in [6.45, 7) is 2.00. The second-order valence-corrected chi connectivity index (χ2v) is 7.40. The van der Waals surface area contributed by atoms with Crippen molar-refractivity contribution in [2.45, 2.75) is 49.5 Å². The number of nitrogens with one attached hydrogen (secondary N) is 2. The molecular formula is C17H21N3O3S. The molecule has 0 radical (unpaired) electrons. The number of amides is 4. The number of nitrogens with zero attached hydrogens (tertiary/aromatic N) is 1. The minimum Gasteiger partial charge on any atom is -0.322 e. The molecule has 4 amide bonds. The predicted octanol–water partition coefficient (Wildman–Crippen LogP) is 2.37. The average Bonchev–Trinajstić information content (AvgIpc) is 2.79. The fourth-order valence-electron chi connectivity index (χ4n) is 3.16. The molecule has 2 fully saturated rings. The molecule has 1 aliphatic heterocycles. The normalized spacial score (nSPS) is 19.5. The summed E-state index contributed by atoms with van der Waals surface area (Å²) in [5.74, 6) is -0.551. The van der Waals surface area contributed by atoms with Crippen LogP contribution in [0.4, 0.5) is 4.79 Å². The van der Waals surface area contributed by atoms with E-state index in [0.717, 1.165) is 34.7 Å². The molecule has 1 aromatic rings. The van der Waals surface area contributed by atoms with Gasteiger partial charge in [-0.2, -0.15) is 5.01 Å². The summed E-state index contributed by atoms with van der Waals surface area (Å²) in [5, 5.41) is 3.62. The van der Waals surface area contributed by atoms with E-state index in [2.05, 4.69) is 10.7 Å². The van der Waals surface area contributed by atoms with Crippen LogP contribution < -0.4 is 10.7 Å². The first-order valence-electron chi connectivity index (χ1n) is 8.16. The smallest absolute Gasteiger partial charge is 0.322 e. The highest BCUT2D eigenvalue weighted by molar-refractivity contribution is 8.00. The zero-order valence-electron chi connectivity index (χ0n) is 13.6. The molecule has 1 aromatic carbocycles. The van der Waals surface area contributed by atoms with Crippen LogP contribution in [0, 0.1) is 6.92 Å². The Morgan fingerprint density at radius 2 is 1.88 bits per heavy atom. The average molecular weight is 347 g/mol. The first-order chi connectivity index (χ1) is 11.5. The van der Waals surface area contributed by atoms with Gasteiger partial charge in [-0.3, -0.25) is 15.0 Å². The lowest BCUT2D eigenvalue weighted by atomic mass is 9.82. The molecule has 1 aliphatic carbocycles. The Labute approximate surface area is 145 Å². The van der Waals surface area contributed by atoms with E-state index in [4.69, 9.17) is 0 Å². The van der Waals surface area contributed by atoms with Crippen molar-refractivity contribution in [3.8, 4) is 0 Å². The van der Waals surface area contributed by atoms with Gasteiger partial charge in [-0.25, -0.2) is 4.79 Å². The lowest BCUT2D eigenvalue weighted by Crippen LogP contribution is -2.51. The van der Waals surface area contributed by atoms with Crippen molar-refractivity contribution >= 4 is 29.6 Å². The van der Waals surface area contributed by atoms with E-state index < -0.39 is 11.6 Å². The summed E-state index contributed by atoms with van der Waals surface area (Å²) in [4.78, 5) is 37.7. The number of imide groups is 1. The minimum atomic E-state index is -0.813. The van der Waals surface area contributed by atoms with Gasteiger partial charge >= 0.3 is 6.03 Å². The molecule has 0 bridgehead atoms. The molecule has 128 valence electrons. The van der Waals surface area contributed by atoms with Gasteiger partial charge in [-0.15, -0.1) is 11.8 Å². The Bertz CT molecular complexity index is 654. The van der Waals surface area contributed by atoms with Crippen molar-refractivity contribution in [1.29, 1.82) is 0 Å². The van der Waals surface area contributed by atoms with E-state index in [1.807, 2.05) is 31.2 Å². The van der Waals surface area contributed by atoms with Gasteiger partial charge < -0.3 is 5.32 Å². The number of rotatable bonds is 4. The summed E-state index contributed by atoms with van der Waals surface area (Å²) in [7, 11) is 0. The van der Waals surface area contributed by atoms with Crippen molar-refractivity contribution in [1.82, 2.24) is 15.8 Å². The Balaban J connectivity index is 1.56. The van der Waals surface area contributed by atoms with Gasteiger partial charge in [0.15, 0.2) is 0 Å². The van der Waals surface area contributed by atoms with Crippen LogP contribution in [-0.4, -0.2) is 34.1 Å². The Morgan fingerprint density at radius 3 is 2.54 bits per heavy atom. The SMILES string of the molecule is Cc1ccc(SCC(=O)NN2C(=O)NC3(CCCCC3)C2=O)cc1. The quantitative estimate of drug-likeness (QED) is 0.647. The van der Waals surface area contributed by atoms with Crippen LogP contribution in [0.15, 0.2) is 29.2 Å². The molecule has 2 aliphatic rings. The number of carbonyl (C=O) groups excluding carboxylic acids is 3. The third-order valence-corrected chi connectivity index (χ3v) is 5.51. The number of aryl methyl sites for hydroxylation is 1. The van der Waals surface area contributed by atoms with Crippen LogP contribution in [-0.2, 0) is 9.59 Å². The zero-order chi connectivity index (χ0) is 17.2. The number of hydrogen-bond donors (Lipinski definition) is 2. The van der Waals surface area contributed by atoms with Crippen LogP contribution in [0.1, 0.15) is 37.7 Å². The van der Waals surface area contributed by atoms with Gasteiger partial charge in [0.1, 0.15) is 5.54 Å². The molecule has 1 saturated carbocycles. The summed E-state index contributed by atoms with van der Waals surface area (Å²) < 4.78 is 0. The number of thioether (sulfide) groups is 1. The van der Waals surface area contributed by atoms with Crippen LogP contribution in [0.5, 0.6) is 0 Å². The maximum Gasteiger partial charge on any atom is 0.344 e. The van der Waals surface area contributed by atoms with E-state index in [1.165, 1.54) is 11.8 Å². The molecular weight excluding hydrogens is 326 g/mol. The first kappa shape index (κ1) is 16.8. The van der Waals surface area contributed by atoms with Gasteiger partial charge in [-0.05, 0) is 31.9 Å². The molecule has 1 heterocycles. The zero-order valence-corrected chi connectivity index (χ0v) is 14.4. The van der Waals surface area contributed by atoms with Gasteiger partial charge in [0, 0.05) is 4.90 Å². The third-order valence-electron chi connectivity index (χ3n) is 4.50. The van der Waals surface area contributed by atoms with E-state index in [0.29, 0.717) is 12.8 Å². The molecule has 0 aromatic heterocycles. The van der Waals surface area contributed by atoms with E-state index in [9.17, 15) is 14.4 Å². The Morgan fingerprint density at radius 1 is 1.21 bits per heavy atom. The van der Waals surface area contributed by atoms with Gasteiger partial charge in [0.05, 0.1) is 5.75 Å². The van der Waals surface area contributed by atoms with Gasteiger partial charge in [0.2, 0.25) is 5.91 Å². The highest BCUT2D eigenvalue weighted by Gasteiger charge is 2.52. The highest BCUT2D eigenvalue weighted by atomic mass is 32.2. The molecule has 1 saturated heterocycles. The van der Waals surface area contributed by atoms with Crippen molar-refractivity contribution in [3.05, 3.63) is 29.8 Å². The van der Waals surface area contributed by atoms with E-state index in [-0.39, 0.29) is 17.6 Å². The van der Waals surface area contributed by atoms with Crippen molar-refractivity contribution in [3.63, 3.8) is 0 Å². The Kier molecular flexibility index (Phi) is 4.80. The second-order valence-electron chi connectivity index (χ2n) is 6.35. The first-order valence-corrected chi connectivity index (χ1v) is 9.14. The predicted molar refractivity (Wildman–Crippen MR) is 91.2 cm³/mol. The number of carbonyl (C=O) groups is 3. The van der Waals surface area contributed by atoms with Crippen LogP contribution in [0.2, 0.25) is 0 Å². The largest absolute Gasteiger partial charge is 0.344 e. The maximum absolute atomic E-state index is 12.6. The summed E-state index contributed by atoms with van der Waals surface area (Å²) in [6, 6.07) is 7.31. The minimum absolute atomic E-state index is 0.146. The summed E-state index contributed by atoms with van der Waals surface area (Å²) in [5.41, 5.74) is 2.78. The number of urea groups is 1. The lowest BCUT2D eigenvalue weighted by molar-refractivity contribution is -0.139. The molecule has 0 atom stereocenters. The monoisotopic (exact) mass is 347 g/mol. The molecule has 0 unspecified atom stereocenters. The third kappa shape index (κ3) is 3.40. The van der Waals surface area contributed by atoms with Crippen LogP contribution in [0.25, 0.3) is 0 Å².